The summed E-state index contributed by atoms with van der Waals surface area (Å²) in [5.41, 5.74) is 12.9. The monoisotopic (exact) mass is 699 g/mol. The molecule has 3 heterocycles. The Morgan fingerprint density at radius 2 is 0.982 bits per heavy atom. The lowest BCUT2D eigenvalue weighted by Gasteiger charge is -2.18. The molecule has 0 spiro atoms. The first-order valence-corrected chi connectivity index (χ1v) is 18.3. The molecule has 0 fully saturated rings. The van der Waals surface area contributed by atoms with Crippen molar-refractivity contribution >= 4 is 71.1 Å². The van der Waals surface area contributed by atoms with Gasteiger partial charge >= 0.3 is 0 Å². The van der Waals surface area contributed by atoms with E-state index in [1.165, 1.54) is 10.8 Å². The van der Waals surface area contributed by atoms with Crippen LogP contribution in [0.4, 0.5) is 5.69 Å². The second kappa shape index (κ2) is 11.8. The van der Waals surface area contributed by atoms with Gasteiger partial charge in [0.15, 0.2) is 5.69 Å². The zero-order valence-electron chi connectivity index (χ0n) is 29.5. The van der Waals surface area contributed by atoms with Crippen LogP contribution in [0.5, 0.6) is 0 Å². The van der Waals surface area contributed by atoms with Crippen molar-refractivity contribution in [2.24, 2.45) is 0 Å². The molecule has 0 unspecified atom stereocenters. The molecule has 254 valence electrons. The Morgan fingerprint density at radius 1 is 0.436 bits per heavy atom. The van der Waals surface area contributed by atoms with E-state index in [0.29, 0.717) is 11.3 Å². The highest BCUT2D eigenvalue weighted by Crippen LogP contribution is 2.42. The molecule has 0 radical (unpaired) electrons. The summed E-state index contributed by atoms with van der Waals surface area (Å²) in [7, 11) is 0. The fraction of sp³-hybridized carbons (Fsp3) is 0. The zero-order chi connectivity index (χ0) is 36.6. The Morgan fingerprint density at radius 3 is 1.62 bits per heavy atom. The molecule has 11 rings (SSSR count). The van der Waals surface area contributed by atoms with Gasteiger partial charge in [0.25, 0.3) is 0 Å². The van der Waals surface area contributed by atoms with Crippen molar-refractivity contribution in [3.05, 3.63) is 193 Å². The smallest absolute Gasteiger partial charge is 0.188 e. The first-order chi connectivity index (χ1) is 27.2. The molecule has 55 heavy (non-hydrogen) atoms. The first-order valence-electron chi connectivity index (χ1n) is 18.3. The lowest BCUT2D eigenvalue weighted by atomic mass is 10.0. The molecule has 11 aromatic rings. The van der Waals surface area contributed by atoms with Crippen molar-refractivity contribution in [3.63, 3.8) is 0 Å². The maximum Gasteiger partial charge on any atom is 0.188 e. The normalized spacial score (nSPS) is 11.6. The van der Waals surface area contributed by atoms with Crippen molar-refractivity contribution in [2.45, 2.75) is 0 Å². The third kappa shape index (κ3) is 4.45. The minimum atomic E-state index is 0.597. The van der Waals surface area contributed by atoms with Crippen LogP contribution in [-0.4, -0.2) is 13.7 Å². The van der Waals surface area contributed by atoms with E-state index in [1.807, 2.05) is 36.4 Å². The minimum absolute atomic E-state index is 0.597. The van der Waals surface area contributed by atoms with E-state index in [9.17, 15) is 5.26 Å². The zero-order valence-corrected chi connectivity index (χ0v) is 29.5. The number of aromatic nitrogens is 3. The van der Waals surface area contributed by atoms with E-state index in [2.05, 4.69) is 164 Å². The average Bonchev–Trinajstić information content (AvgIpc) is 3.89. The van der Waals surface area contributed by atoms with Gasteiger partial charge in [-0.05, 0) is 77.7 Å². The van der Waals surface area contributed by atoms with Crippen molar-refractivity contribution in [1.82, 2.24) is 13.7 Å². The van der Waals surface area contributed by atoms with Crippen LogP contribution in [0.1, 0.15) is 5.56 Å². The van der Waals surface area contributed by atoms with Gasteiger partial charge in [-0.3, -0.25) is 0 Å². The SMILES string of the molecule is [C-]#[N+]c1ccc2c(c1)c1ccccc1n2-c1ccc(-c2ccc(C#N)cc2-n2c3ccccc3c3cccc(-n4c5ccccc5c5ccccc54)c32)cc1. The van der Waals surface area contributed by atoms with Crippen LogP contribution in [0, 0.1) is 17.9 Å². The Labute approximate surface area is 316 Å². The fourth-order valence-electron chi connectivity index (χ4n) is 8.74. The molecular formula is C50H29N5. The van der Waals surface area contributed by atoms with E-state index in [4.69, 9.17) is 6.57 Å². The van der Waals surface area contributed by atoms with Gasteiger partial charge in [-0.2, -0.15) is 5.26 Å². The van der Waals surface area contributed by atoms with Gasteiger partial charge in [0.1, 0.15) is 0 Å². The van der Waals surface area contributed by atoms with Gasteiger partial charge < -0.3 is 13.7 Å². The number of rotatable bonds is 4. The van der Waals surface area contributed by atoms with Gasteiger partial charge in [-0.1, -0.05) is 109 Å². The summed E-state index contributed by atoms with van der Waals surface area (Å²) in [5.74, 6) is 0. The number of nitrogens with zero attached hydrogens (tertiary/aromatic N) is 5. The van der Waals surface area contributed by atoms with Crippen molar-refractivity contribution in [3.8, 4) is 34.3 Å². The van der Waals surface area contributed by atoms with E-state index in [0.717, 1.165) is 82.8 Å². The molecule has 5 heteroatoms. The van der Waals surface area contributed by atoms with Crippen LogP contribution >= 0.6 is 0 Å². The lowest BCUT2D eigenvalue weighted by Crippen LogP contribution is -2.02. The highest BCUT2D eigenvalue weighted by atomic mass is 15.1. The summed E-state index contributed by atoms with van der Waals surface area (Å²) >= 11 is 0. The second-order valence-corrected chi connectivity index (χ2v) is 14.0. The number of fused-ring (bicyclic) bond motifs is 9. The van der Waals surface area contributed by atoms with Crippen LogP contribution < -0.4 is 0 Å². The van der Waals surface area contributed by atoms with Gasteiger partial charge in [0, 0.05) is 38.2 Å². The fourth-order valence-corrected chi connectivity index (χ4v) is 8.74. The number of nitriles is 1. The Hall–Kier alpha value is -7.86. The molecule has 0 amide bonds. The summed E-state index contributed by atoms with van der Waals surface area (Å²) in [6, 6.07) is 63.8. The van der Waals surface area contributed by atoms with Gasteiger partial charge in [0.2, 0.25) is 0 Å². The standard InChI is InChI=1S/C50H29N5/c1-52-34-24-28-47-42(30-34)40-14-5-6-16-43(40)53(47)35-25-22-33(23-26-35)36-27-21-32(31-51)29-49(36)55-46-19-9-4-13-39(46)41-15-10-20-48(50(41)55)54-44-17-7-2-11-37(44)38-12-3-8-18-45(38)54/h2-30H. The predicted molar refractivity (Wildman–Crippen MR) is 226 cm³/mol. The lowest BCUT2D eigenvalue weighted by molar-refractivity contribution is 1.13. The summed E-state index contributed by atoms with van der Waals surface area (Å²) in [4.78, 5) is 3.70. The third-order valence-corrected chi connectivity index (χ3v) is 11.1. The molecule has 5 nitrogen and oxygen atoms in total. The molecule has 0 bridgehead atoms. The van der Waals surface area contributed by atoms with Crippen LogP contribution in [-0.2, 0) is 0 Å². The Bertz CT molecular complexity index is 3400. The molecule has 0 aliphatic carbocycles. The quantitative estimate of drug-likeness (QED) is 0.169. The molecular weight excluding hydrogens is 671 g/mol. The number of para-hydroxylation sites is 5. The molecule has 0 aliphatic heterocycles. The Balaban J connectivity index is 1.17. The topological polar surface area (TPSA) is 42.9 Å². The van der Waals surface area contributed by atoms with Crippen LogP contribution in [0.15, 0.2) is 176 Å². The molecule has 0 saturated carbocycles. The van der Waals surface area contributed by atoms with E-state index in [1.54, 1.807) is 0 Å². The number of benzene rings is 8. The largest absolute Gasteiger partial charge is 0.309 e. The van der Waals surface area contributed by atoms with Crippen molar-refractivity contribution in [2.75, 3.05) is 0 Å². The number of hydrogen-bond acceptors (Lipinski definition) is 1. The molecule has 0 aliphatic rings. The van der Waals surface area contributed by atoms with Crippen LogP contribution in [0.3, 0.4) is 0 Å². The van der Waals surface area contributed by atoms with E-state index in [-0.39, 0.29) is 0 Å². The molecule has 0 N–H and O–H groups in total. The Kier molecular flexibility index (Phi) is 6.61. The van der Waals surface area contributed by atoms with Gasteiger partial charge in [-0.15, -0.1) is 0 Å². The molecule has 3 aromatic heterocycles. The van der Waals surface area contributed by atoms with E-state index < -0.39 is 0 Å². The third-order valence-electron chi connectivity index (χ3n) is 11.1. The van der Waals surface area contributed by atoms with E-state index >= 15 is 0 Å². The summed E-state index contributed by atoms with van der Waals surface area (Å²) < 4.78 is 7.01. The highest BCUT2D eigenvalue weighted by molar-refractivity contribution is 6.15. The summed E-state index contributed by atoms with van der Waals surface area (Å²) in [6.07, 6.45) is 0. The number of hydrogen-bond donors (Lipinski definition) is 0. The molecule has 0 saturated heterocycles. The molecule has 8 aromatic carbocycles. The van der Waals surface area contributed by atoms with Gasteiger partial charge in [-0.25, -0.2) is 4.85 Å². The minimum Gasteiger partial charge on any atom is -0.309 e. The first kappa shape index (κ1) is 30.7. The molecule has 0 atom stereocenters. The maximum absolute atomic E-state index is 10.3. The van der Waals surface area contributed by atoms with Crippen LogP contribution in [0.25, 0.3) is 98.5 Å². The van der Waals surface area contributed by atoms with Crippen molar-refractivity contribution in [1.29, 1.82) is 5.26 Å². The predicted octanol–water partition coefficient (Wildman–Crippen LogP) is 13.1. The maximum atomic E-state index is 10.3. The van der Waals surface area contributed by atoms with Crippen LogP contribution in [0.2, 0.25) is 0 Å². The highest BCUT2D eigenvalue weighted by Gasteiger charge is 2.22. The average molecular weight is 700 g/mol. The van der Waals surface area contributed by atoms with Crippen molar-refractivity contribution < 1.29 is 0 Å². The summed E-state index contributed by atoms with van der Waals surface area (Å²) in [6.45, 7) is 7.60. The summed E-state index contributed by atoms with van der Waals surface area (Å²) in [5, 5.41) is 17.1. The second-order valence-electron chi connectivity index (χ2n) is 14.0. The van der Waals surface area contributed by atoms with Gasteiger partial charge in [0.05, 0.1) is 62.7 Å².